The van der Waals surface area contributed by atoms with E-state index in [1.165, 1.54) is 22.0 Å². The van der Waals surface area contributed by atoms with Gasteiger partial charge >= 0.3 is 5.97 Å². The van der Waals surface area contributed by atoms with Crippen molar-refractivity contribution in [3.63, 3.8) is 0 Å². The Morgan fingerprint density at radius 3 is 2.73 bits per heavy atom. The molecule has 0 unspecified atom stereocenters. The number of thiazole rings is 1. The molecule has 0 bridgehead atoms. The van der Waals surface area contributed by atoms with Crippen molar-refractivity contribution in [2.75, 3.05) is 6.61 Å². The second-order valence-corrected chi connectivity index (χ2v) is 10.1. The molecule has 6 nitrogen and oxygen atoms in total. The Labute approximate surface area is 226 Å². The van der Waals surface area contributed by atoms with Crippen molar-refractivity contribution >= 4 is 46.6 Å². The predicted octanol–water partition coefficient (Wildman–Crippen LogP) is 5.53. The average molecular weight is 551 g/mol. The number of hydrogen-bond acceptors (Lipinski definition) is 6. The van der Waals surface area contributed by atoms with E-state index in [0.717, 1.165) is 5.56 Å². The topological polar surface area (TPSA) is 73.8 Å². The molecule has 0 fully saturated rings. The summed E-state index contributed by atoms with van der Waals surface area (Å²) in [5, 5.41) is 1.03. The fraction of sp³-hybridized carbons (Fsp3) is 0.107. The summed E-state index contributed by atoms with van der Waals surface area (Å²) in [7, 11) is 0. The molecule has 37 heavy (non-hydrogen) atoms. The number of rotatable bonds is 6. The Kier molecular flexibility index (Phi) is 7.02. The summed E-state index contributed by atoms with van der Waals surface area (Å²) >= 11 is 13.6. The van der Waals surface area contributed by atoms with Gasteiger partial charge in [-0.2, -0.15) is 0 Å². The van der Waals surface area contributed by atoms with Gasteiger partial charge in [0.1, 0.15) is 18.1 Å². The van der Waals surface area contributed by atoms with Crippen LogP contribution in [-0.2, 0) is 9.53 Å². The summed E-state index contributed by atoms with van der Waals surface area (Å²) in [4.78, 5) is 31.8. The van der Waals surface area contributed by atoms with Gasteiger partial charge in [0, 0.05) is 16.7 Å². The number of esters is 1. The summed E-state index contributed by atoms with van der Waals surface area (Å²) in [6.45, 7) is 5.40. The van der Waals surface area contributed by atoms with Gasteiger partial charge in [0.25, 0.3) is 5.56 Å². The molecule has 0 aliphatic carbocycles. The number of hydrogen-bond donors (Lipinski definition) is 0. The van der Waals surface area contributed by atoms with Crippen LogP contribution in [0.15, 0.2) is 98.8 Å². The van der Waals surface area contributed by atoms with E-state index < -0.39 is 12.0 Å². The number of furan rings is 1. The highest BCUT2D eigenvalue weighted by molar-refractivity contribution is 7.07. The van der Waals surface area contributed by atoms with Crippen molar-refractivity contribution in [3.05, 3.63) is 126 Å². The lowest BCUT2D eigenvalue weighted by molar-refractivity contribution is -0.138. The molecule has 0 amide bonds. The number of fused-ring (bicyclic) bond motifs is 1. The number of carbonyl (C=O) groups excluding carboxylic acids is 1. The van der Waals surface area contributed by atoms with Crippen LogP contribution in [0.4, 0.5) is 0 Å². The monoisotopic (exact) mass is 550 g/mol. The normalized spacial score (nSPS) is 15.3. The summed E-state index contributed by atoms with van der Waals surface area (Å²) in [6.07, 6.45) is 3.15. The highest BCUT2D eigenvalue weighted by atomic mass is 35.5. The first-order valence-electron chi connectivity index (χ1n) is 11.3. The Morgan fingerprint density at radius 2 is 1.97 bits per heavy atom. The standard InChI is InChI=1S/C28H20Cl2N2O4S/c1-3-13-35-27(34)24-16(2)31-28-32(25(24)17-7-5-4-6-8-17)26(33)23(37-28)15-19-10-12-22(36-19)20-14-18(29)9-11-21(20)30/h3-12,14-15,25H,1,13H2,2H3/b23-15-/t25-/m1/s1. The number of allylic oxidation sites excluding steroid dienone is 1. The van der Waals surface area contributed by atoms with Crippen LogP contribution in [-0.4, -0.2) is 17.1 Å². The molecule has 1 atom stereocenters. The van der Waals surface area contributed by atoms with Crippen molar-refractivity contribution in [1.29, 1.82) is 0 Å². The highest BCUT2D eigenvalue weighted by Crippen LogP contribution is 2.32. The minimum Gasteiger partial charge on any atom is -0.458 e. The number of nitrogens with zero attached hydrogens (tertiary/aromatic N) is 2. The average Bonchev–Trinajstić information content (AvgIpc) is 3.48. The molecule has 1 aliphatic rings. The summed E-state index contributed by atoms with van der Waals surface area (Å²) in [5.41, 5.74) is 1.93. The van der Waals surface area contributed by atoms with Crippen LogP contribution in [0.5, 0.6) is 0 Å². The van der Waals surface area contributed by atoms with Crippen molar-refractivity contribution in [1.82, 2.24) is 4.57 Å². The fourth-order valence-corrected chi connectivity index (χ4v) is 5.55. The van der Waals surface area contributed by atoms with E-state index in [0.29, 0.717) is 47.7 Å². The summed E-state index contributed by atoms with van der Waals surface area (Å²) in [5.74, 6) is 0.448. The molecule has 1 aliphatic heterocycles. The van der Waals surface area contributed by atoms with Gasteiger partial charge in [-0.25, -0.2) is 9.79 Å². The maximum atomic E-state index is 13.7. The molecule has 0 radical (unpaired) electrons. The molecule has 0 saturated heterocycles. The Morgan fingerprint density at radius 1 is 1.19 bits per heavy atom. The minimum absolute atomic E-state index is 0.0546. The second-order valence-electron chi connectivity index (χ2n) is 8.21. The maximum Gasteiger partial charge on any atom is 0.338 e. The van der Waals surface area contributed by atoms with E-state index in [4.69, 9.17) is 32.4 Å². The van der Waals surface area contributed by atoms with Crippen LogP contribution in [0.25, 0.3) is 17.4 Å². The van der Waals surface area contributed by atoms with Gasteiger partial charge < -0.3 is 9.15 Å². The number of carbonyl (C=O) groups is 1. The predicted molar refractivity (Wildman–Crippen MR) is 146 cm³/mol. The summed E-state index contributed by atoms with van der Waals surface area (Å²) in [6, 6.07) is 17.3. The zero-order chi connectivity index (χ0) is 26.1. The van der Waals surface area contributed by atoms with Crippen LogP contribution in [0.3, 0.4) is 0 Å². The lowest BCUT2D eigenvalue weighted by Crippen LogP contribution is -2.39. The SMILES string of the molecule is C=CCOC(=O)C1=C(C)N=c2s/c(=C\c3ccc(-c4cc(Cl)ccc4Cl)o3)c(=O)n2[C@@H]1c1ccccc1. The molecule has 3 heterocycles. The highest BCUT2D eigenvalue weighted by Gasteiger charge is 2.33. The third-order valence-electron chi connectivity index (χ3n) is 5.78. The molecule has 4 aromatic rings. The quantitative estimate of drug-likeness (QED) is 0.233. The number of benzene rings is 2. The van der Waals surface area contributed by atoms with Crippen LogP contribution in [0, 0.1) is 0 Å². The molecule has 186 valence electrons. The molecular formula is C28H20Cl2N2O4S. The molecule has 2 aromatic carbocycles. The zero-order valence-electron chi connectivity index (χ0n) is 19.6. The fourth-order valence-electron chi connectivity index (χ4n) is 4.14. The van der Waals surface area contributed by atoms with Crippen molar-refractivity contribution in [2.45, 2.75) is 13.0 Å². The van der Waals surface area contributed by atoms with Crippen molar-refractivity contribution < 1.29 is 13.9 Å². The molecule has 9 heteroatoms. The number of ether oxygens (including phenoxy) is 1. The van der Waals surface area contributed by atoms with Crippen LogP contribution in [0.1, 0.15) is 24.3 Å². The first-order chi connectivity index (χ1) is 17.9. The van der Waals surface area contributed by atoms with Crippen LogP contribution in [0.2, 0.25) is 10.0 Å². The second kappa shape index (κ2) is 10.4. The van der Waals surface area contributed by atoms with E-state index >= 15 is 0 Å². The van der Waals surface area contributed by atoms with E-state index in [-0.39, 0.29) is 12.2 Å². The smallest absolute Gasteiger partial charge is 0.338 e. The third kappa shape index (κ3) is 4.85. The van der Waals surface area contributed by atoms with Gasteiger partial charge in [-0.05, 0) is 42.8 Å². The third-order valence-corrected chi connectivity index (χ3v) is 7.33. The van der Waals surface area contributed by atoms with Crippen LogP contribution >= 0.6 is 34.5 Å². The maximum absolute atomic E-state index is 13.7. The van der Waals surface area contributed by atoms with E-state index in [1.54, 1.807) is 43.3 Å². The van der Waals surface area contributed by atoms with Gasteiger partial charge in [0.2, 0.25) is 0 Å². The molecule has 5 rings (SSSR count). The Balaban J connectivity index is 1.62. The molecule has 2 aromatic heterocycles. The zero-order valence-corrected chi connectivity index (χ0v) is 21.9. The van der Waals surface area contributed by atoms with Gasteiger partial charge in [0.15, 0.2) is 4.80 Å². The van der Waals surface area contributed by atoms with E-state index in [9.17, 15) is 9.59 Å². The van der Waals surface area contributed by atoms with Gasteiger partial charge in [-0.3, -0.25) is 9.36 Å². The lowest BCUT2D eigenvalue weighted by Gasteiger charge is -2.24. The largest absolute Gasteiger partial charge is 0.458 e. The first-order valence-corrected chi connectivity index (χ1v) is 12.9. The van der Waals surface area contributed by atoms with Gasteiger partial charge in [-0.1, -0.05) is 77.5 Å². The molecular weight excluding hydrogens is 531 g/mol. The van der Waals surface area contributed by atoms with E-state index in [1.807, 2.05) is 30.3 Å². The number of halogens is 2. The van der Waals surface area contributed by atoms with Crippen molar-refractivity contribution in [3.8, 4) is 11.3 Å². The molecule has 0 spiro atoms. The summed E-state index contributed by atoms with van der Waals surface area (Å²) < 4.78 is 13.2. The van der Waals surface area contributed by atoms with E-state index in [2.05, 4.69) is 11.6 Å². The Hall–Kier alpha value is -3.65. The first kappa shape index (κ1) is 25.0. The van der Waals surface area contributed by atoms with Gasteiger partial charge in [0.05, 0.1) is 26.9 Å². The van der Waals surface area contributed by atoms with Crippen LogP contribution < -0.4 is 14.9 Å². The lowest BCUT2D eigenvalue weighted by atomic mass is 9.96. The van der Waals surface area contributed by atoms with Crippen molar-refractivity contribution in [2.24, 2.45) is 4.99 Å². The Bertz CT molecular complexity index is 1730. The van der Waals surface area contributed by atoms with Gasteiger partial charge in [-0.15, -0.1) is 0 Å². The minimum atomic E-state index is -0.686. The molecule has 0 saturated carbocycles. The molecule has 0 N–H and O–H groups in total. The number of aromatic nitrogens is 1.